The zero-order chi connectivity index (χ0) is 25.9. The highest BCUT2D eigenvalue weighted by atomic mass is 35.7. The lowest BCUT2D eigenvalue weighted by atomic mass is 10.1. The summed E-state index contributed by atoms with van der Waals surface area (Å²) in [5, 5.41) is 0. The maximum Gasteiger partial charge on any atom is 0.344 e. The van der Waals surface area contributed by atoms with Crippen LogP contribution in [0.1, 0.15) is 36.1 Å². The number of carbonyl (C=O) groups excluding carboxylic acids is 2. The molecule has 0 aliphatic rings. The maximum absolute atomic E-state index is 11.3. The Bertz CT molecular complexity index is 1100. The first-order valence-corrected chi connectivity index (χ1v) is 12.9. The molecule has 0 amide bonds. The first kappa shape index (κ1) is 29.3. The SMILES string of the molecule is CCOC(=O)COc1cc(C)c(S(=O)(=O)Cl)cc1C.CCOC(=O)COc1cc(C)ccc1C. The van der Waals surface area contributed by atoms with Crippen LogP contribution in [0.4, 0.5) is 0 Å². The monoisotopic (exact) mass is 514 g/mol. The number of hydrogen-bond donors (Lipinski definition) is 0. The first-order valence-electron chi connectivity index (χ1n) is 10.6. The third-order valence-electron chi connectivity index (χ3n) is 4.38. The van der Waals surface area contributed by atoms with Gasteiger partial charge in [0.15, 0.2) is 13.2 Å². The second-order valence-corrected chi connectivity index (χ2v) is 9.81. The fourth-order valence-electron chi connectivity index (χ4n) is 2.72. The molecule has 0 unspecified atom stereocenters. The van der Waals surface area contributed by atoms with Crippen LogP contribution in [0.5, 0.6) is 11.5 Å². The van der Waals surface area contributed by atoms with Crippen molar-refractivity contribution in [2.75, 3.05) is 26.4 Å². The average Bonchev–Trinajstić information content (AvgIpc) is 2.75. The van der Waals surface area contributed by atoms with Gasteiger partial charge in [-0.25, -0.2) is 18.0 Å². The van der Waals surface area contributed by atoms with Crippen LogP contribution in [0.2, 0.25) is 0 Å². The van der Waals surface area contributed by atoms with Crippen LogP contribution in [-0.2, 0) is 28.1 Å². The van der Waals surface area contributed by atoms with Gasteiger partial charge >= 0.3 is 11.9 Å². The normalized spacial score (nSPS) is 10.6. The quantitative estimate of drug-likeness (QED) is 0.357. The van der Waals surface area contributed by atoms with Crippen LogP contribution in [-0.4, -0.2) is 46.8 Å². The summed E-state index contributed by atoms with van der Waals surface area (Å²) in [6, 6.07) is 8.83. The van der Waals surface area contributed by atoms with Crippen molar-refractivity contribution in [1.29, 1.82) is 0 Å². The van der Waals surface area contributed by atoms with Crippen molar-refractivity contribution in [3.63, 3.8) is 0 Å². The van der Waals surface area contributed by atoms with Crippen molar-refractivity contribution in [1.82, 2.24) is 0 Å². The predicted molar refractivity (Wildman–Crippen MR) is 129 cm³/mol. The second kappa shape index (κ2) is 13.8. The second-order valence-electron chi connectivity index (χ2n) is 7.28. The van der Waals surface area contributed by atoms with Crippen molar-refractivity contribution in [3.8, 4) is 11.5 Å². The Balaban J connectivity index is 0.000000350. The molecule has 10 heteroatoms. The molecule has 0 radical (unpaired) electrons. The number of benzene rings is 2. The average molecular weight is 515 g/mol. The number of carbonyl (C=O) groups is 2. The highest BCUT2D eigenvalue weighted by Crippen LogP contribution is 2.27. The van der Waals surface area contributed by atoms with E-state index < -0.39 is 15.0 Å². The van der Waals surface area contributed by atoms with E-state index in [2.05, 4.69) is 0 Å². The molecule has 188 valence electrons. The first-order chi connectivity index (χ1) is 15.9. The maximum atomic E-state index is 11.3. The highest BCUT2D eigenvalue weighted by Gasteiger charge is 2.16. The van der Waals surface area contributed by atoms with E-state index in [9.17, 15) is 18.0 Å². The Hall–Kier alpha value is -2.78. The van der Waals surface area contributed by atoms with Crippen molar-refractivity contribution in [2.45, 2.75) is 46.4 Å². The van der Waals surface area contributed by atoms with E-state index in [1.807, 2.05) is 32.0 Å². The lowest BCUT2D eigenvalue weighted by Gasteiger charge is -2.11. The molecule has 0 saturated heterocycles. The van der Waals surface area contributed by atoms with E-state index in [0.29, 0.717) is 23.5 Å². The van der Waals surface area contributed by atoms with Gasteiger partial charge in [0.1, 0.15) is 11.5 Å². The number of rotatable bonds is 9. The van der Waals surface area contributed by atoms with Gasteiger partial charge in [-0.15, -0.1) is 0 Å². The van der Waals surface area contributed by atoms with E-state index in [1.54, 1.807) is 27.7 Å². The fraction of sp³-hybridized carbons (Fsp3) is 0.417. The Morgan fingerprint density at radius 3 is 1.74 bits per heavy atom. The van der Waals surface area contributed by atoms with E-state index in [-0.39, 0.29) is 30.7 Å². The molecule has 0 fully saturated rings. The third-order valence-corrected chi connectivity index (χ3v) is 5.84. The summed E-state index contributed by atoms with van der Waals surface area (Å²) >= 11 is 0. The van der Waals surface area contributed by atoms with E-state index >= 15 is 0 Å². The van der Waals surface area contributed by atoms with Crippen LogP contribution in [0.15, 0.2) is 35.2 Å². The number of esters is 2. The van der Waals surface area contributed by atoms with Gasteiger partial charge in [-0.05, 0) is 82.0 Å². The van der Waals surface area contributed by atoms with Gasteiger partial charge in [0.25, 0.3) is 9.05 Å². The fourth-order valence-corrected chi connectivity index (χ4v) is 3.98. The van der Waals surface area contributed by atoms with Gasteiger partial charge in [0.2, 0.25) is 0 Å². The molecule has 8 nitrogen and oxygen atoms in total. The van der Waals surface area contributed by atoms with Gasteiger partial charge in [0, 0.05) is 10.7 Å². The van der Waals surface area contributed by atoms with Gasteiger partial charge < -0.3 is 18.9 Å². The van der Waals surface area contributed by atoms with Gasteiger partial charge in [-0.2, -0.15) is 0 Å². The third kappa shape index (κ3) is 10.0. The minimum atomic E-state index is -3.79. The molecular formula is C24H31ClO8S. The number of halogens is 1. The minimum Gasteiger partial charge on any atom is -0.482 e. The molecule has 0 bridgehead atoms. The molecule has 0 N–H and O–H groups in total. The van der Waals surface area contributed by atoms with Crippen LogP contribution < -0.4 is 9.47 Å². The van der Waals surface area contributed by atoms with E-state index in [0.717, 1.165) is 16.9 Å². The van der Waals surface area contributed by atoms with Crippen LogP contribution in [0.25, 0.3) is 0 Å². The lowest BCUT2D eigenvalue weighted by Crippen LogP contribution is -2.15. The Morgan fingerprint density at radius 2 is 1.26 bits per heavy atom. The molecule has 2 aromatic carbocycles. The highest BCUT2D eigenvalue weighted by molar-refractivity contribution is 8.13. The van der Waals surface area contributed by atoms with Crippen LogP contribution in [0.3, 0.4) is 0 Å². The van der Waals surface area contributed by atoms with Gasteiger partial charge in [0.05, 0.1) is 18.1 Å². The molecule has 0 spiro atoms. The van der Waals surface area contributed by atoms with Crippen molar-refractivity contribution < 1.29 is 37.0 Å². The zero-order valence-corrected chi connectivity index (χ0v) is 21.8. The molecule has 0 atom stereocenters. The van der Waals surface area contributed by atoms with Crippen LogP contribution in [0, 0.1) is 27.7 Å². The summed E-state index contributed by atoms with van der Waals surface area (Å²) in [6.07, 6.45) is 0. The summed E-state index contributed by atoms with van der Waals surface area (Å²) in [5.74, 6) is 0.352. The van der Waals surface area contributed by atoms with Crippen molar-refractivity contribution in [3.05, 3.63) is 52.6 Å². The summed E-state index contributed by atoms with van der Waals surface area (Å²) < 4.78 is 42.8. The van der Waals surface area contributed by atoms with Crippen LogP contribution >= 0.6 is 10.7 Å². The number of aryl methyl sites for hydroxylation is 4. The van der Waals surface area contributed by atoms with Gasteiger partial charge in [-0.3, -0.25) is 0 Å². The summed E-state index contributed by atoms with van der Waals surface area (Å²) in [7, 11) is 1.53. The molecule has 0 aliphatic heterocycles. The Kier molecular flexibility index (Phi) is 11.9. The lowest BCUT2D eigenvalue weighted by molar-refractivity contribution is -0.146. The topological polar surface area (TPSA) is 105 Å². The largest absolute Gasteiger partial charge is 0.482 e. The molecule has 2 rings (SSSR count). The number of ether oxygens (including phenoxy) is 4. The van der Waals surface area contributed by atoms with Crippen molar-refractivity contribution in [2.24, 2.45) is 0 Å². The molecule has 0 heterocycles. The molecule has 2 aromatic rings. The molecule has 0 aromatic heterocycles. The smallest absolute Gasteiger partial charge is 0.344 e. The summed E-state index contributed by atoms with van der Waals surface area (Å²) in [5.41, 5.74) is 3.16. The van der Waals surface area contributed by atoms with E-state index in [4.69, 9.17) is 29.6 Å². The van der Waals surface area contributed by atoms with Gasteiger partial charge in [-0.1, -0.05) is 12.1 Å². The van der Waals surface area contributed by atoms with E-state index in [1.165, 1.54) is 12.1 Å². The summed E-state index contributed by atoms with van der Waals surface area (Å²) in [6.45, 7) is 11.1. The predicted octanol–water partition coefficient (Wildman–Crippen LogP) is 4.42. The Morgan fingerprint density at radius 1 is 0.765 bits per heavy atom. The Labute approximate surface area is 205 Å². The molecule has 0 aliphatic carbocycles. The standard InChI is InChI=1S/C12H15ClO5S.C12H16O3/c1-4-17-12(14)7-18-10-5-9(3)11(6-8(10)2)19(13,15)16;1-4-14-12(13)8-15-11-7-9(2)5-6-10(11)3/h5-6H,4,7H2,1-3H3;5-7H,4,8H2,1-3H3. The number of hydrogen-bond acceptors (Lipinski definition) is 8. The van der Waals surface area contributed by atoms with Crippen molar-refractivity contribution >= 4 is 31.7 Å². The molecule has 0 saturated carbocycles. The zero-order valence-electron chi connectivity index (χ0n) is 20.3. The summed E-state index contributed by atoms with van der Waals surface area (Å²) in [4.78, 5) is 22.3. The molecular weight excluding hydrogens is 484 g/mol. The molecule has 34 heavy (non-hydrogen) atoms. The minimum absolute atomic E-state index is 0.0296.